The van der Waals surface area contributed by atoms with Crippen LogP contribution in [-0.4, -0.2) is 14.8 Å². The fourth-order valence-electron chi connectivity index (χ4n) is 2.00. The summed E-state index contributed by atoms with van der Waals surface area (Å²) < 4.78 is 1.74. The molecule has 0 saturated heterocycles. The number of hydrogen-bond acceptors (Lipinski definition) is 3. The van der Waals surface area contributed by atoms with Crippen molar-refractivity contribution in [1.29, 1.82) is 0 Å². The first-order valence-electron chi connectivity index (χ1n) is 6.36. The van der Waals surface area contributed by atoms with Crippen molar-refractivity contribution >= 4 is 5.82 Å². The average molecular weight is 244 g/mol. The molecule has 4 nitrogen and oxygen atoms in total. The van der Waals surface area contributed by atoms with Gasteiger partial charge in [0.25, 0.3) is 0 Å². The fourth-order valence-corrected chi connectivity index (χ4v) is 2.00. The fraction of sp³-hybridized carbons (Fsp3) is 0.429. The molecule has 2 heterocycles. The van der Waals surface area contributed by atoms with Gasteiger partial charge in [-0.3, -0.25) is 9.67 Å². The molecule has 0 fully saturated rings. The minimum Gasteiger partial charge on any atom is -0.383 e. The van der Waals surface area contributed by atoms with Gasteiger partial charge in [-0.05, 0) is 24.5 Å². The lowest BCUT2D eigenvalue weighted by atomic mass is 9.99. The third-order valence-electron chi connectivity index (χ3n) is 3.32. The standard InChI is InChI=1S/C14H20N4/c1-4-10(2)9-12-13(14(15)18(3)17-12)11-7-5-6-8-16-11/h5-8,10H,4,9,15H2,1-3H3. The van der Waals surface area contributed by atoms with Crippen LogP contribution < -0.4 is 5.73 Å². The zero-order valence-corrected chi connectivity index (χ0v) is 11.2. The second-order valence-corrected chi connectivity index (χ2v) is 4.76. The van der Waals surface area contributed by atoms with Gasteiger partial charge in [-0.1, -0.05) is 26.3 Å². The quantitative estimate of drug-likeness (QED) is 0.899. The Morgan fingerprint density at radius 3 is 2.78 bits per heavy atom. The molecule has 0 amide bonds. The maximum absolute atomic E-state index is 6.11. The normalized spacial score (nSPS) is 12.6. The number of aryl methyl sites for hydroxylation is 1. The highest BCUT2D eigenvalue weighted by Crippen LogP contribution is 2.29. The van der Waals surface area contributed by atoms with E-state index < -0.39 is 0 Å². The van der Waals surface area contributed by atoms with E-state index in [-0.39, 0.29) is 0 Å². The summed E-state index contributed by atoms with van der Waals surface area (Å²) in [6, 6.07) is 5.86. The molecular weight excluding hydrogens is 224 g/mol. The SMILES string of the molecule is CCC(C)Cc1nn(C)c(N)c1-c1ccccn1. The van der Waals surface area contributed by atoms with Crippen molar-refractivity contribution in [1.82, 2.24) is 14.8 Å². The summed E-state index contributed by atoms with van der Waals surface area (Å²) in [5.74, 6) is 1.29. The van der Waals surface area contributed by atoms with E-state index in [1.165, 1.54) is 0 Å². The van der Waals surface area contributed by atoms with E-state index in [0.717, 1.165) is 29.8 Å². The molecule has 2 N–H and O–H groups in total. The summed E-state index contributed by atoms with van der Waals surface area (Å²) in [5.41, 5.74) is 9.05. The van der Waals surface area contributed by atoms with Crippen LogP contribution in [-0.2, 0) is 13.5 Å². The van der Waals surface area contributed by atoms with E-state index in [0.29, 0.717) is 11.7 Å². The third kappa shape index (κ3) is 2.37. The number of rotatable bonds is 4. The molecule has 2 rings (SSSR count). The molecule has 0 spiro atoms. The van der Waals surface area contributed by atoms with Gasteiger partial charge in [-0.25, -0.2) is 0 Å². The van der Waals surface area contributed by atoms with Crippen LogP contribution >= 0.6 is 0 Å². The van der Waals surface area contributed by atoms with Crippen LogP contribution in [0.15, 0.2) is 24.4 Å². The van der Waals surface area contributed by atoms with Gasteiger partial charge in [0.2, 0.25) is 0 Å². The summed E-state index contributed by atoms with van der Waals surface area (Å²) in [7, 11) is 1.88. The predicted molar refractivity (Wildman–Crippen MR) is 74.0 cm³/mol. The number of hydrogen-bond donors (Lipinski definition) is 1. The lowest BCUT2D eigenvalue weighted by molar-refractivity contribution is 0.547. The summed E-state index contributed by atoms with van der Waals surface area (Å²) in [5, 5.41) is 4.53. The van der Waals surface area contributed by atoms with E-state index in [2.05, 4.69) is 23.9 Å². The van der Waals surface area contributed by atoms with Crippen molar-refractivity contribution in [2.24, 2.45) is 13.0 Å². The minimum atomic E-state index is 0.599. The maximum atomic E-state index is 6.11. The van der Waals surface area contributed by atoms with Gasteiger partial charge in [-0.15, -0.1) is 0 Å². The monoisotopic (exact) mass is 244 g/mol. The molecule has 1 atom stereocenters. The van der Waals surface area contributed by atoms with E-state index in [1.54, 1.807) is 10.9 Å². The number of aromatic nitrogens is 3. The molecule has 0 aliphatic carbocycles. The molecule has 0 aliphatic heterocycles. The summed E-state index contributed by atoms with van der Waals surface area (Å²) >= 11 is 0. The first kappa shape index (κ1) is 12.6. The molecule has 2 aromatic rings. The molecule has 18 heavy (non-hydrogen) atoms. The predicted octanol–water partition coefficient (Wildman–Crippen LogP) is 2.65. The Balaban J connectivity index is 2.45. The van der Waals surface area contributed by atoms with Gasteiger partial charge in [0, 0.05) is 13.2 Å². The molecule has 0 saturated carbocycles. The molecule has 0 aromatic carbocycles. The highest BCUT2D eigenvalue weighted by Gasteiger charge is 2.17. The molecular formula is C14H20N4. The Bertz CT molecular complexity index is 516. The number of nitrogen functional groups attached to an aromatic ring is 1. The molecule has 0 radical (unpaired) electrons. The highest BCUT2D eigenvalue weighted by molar-refractivity contribution is 5.73. The summed E-state index contributed by atoms with van der Waals surface area (Å²) in [6.45, 7) is 4.42. The van der Waals surface area contributed by atoms with E-state index in [9.17, 15) is 0 Å². The third-order valence-corrected chi connectivity index (χ3v) is 3.32. The topological polar surface area (TPSA) is 56.7 Å². The summed E-state index contributed by atoms with van der Waals surface area (Å²) in [4.78, 5) is 4.38. The Morgan fingerprint density at radius 1 is 1.39 bits per heavy atom. The number of nitrogens with zero attached hydrogens (tertiary/aromatic N) is 3. The first-order chi connectivity index (χ1) is 8.63. The molecule has 0 bridgehead atoms. The van der Waals surface area contributed by atoms with Crippen LogP contribution in [0.25, 0.3) is 11.3 Å². The first-order valence-corrected chi connectivity index (χ1v) is 6.36. The second-order valence-electron chi connectivity index (χ2n) is 4.76. The van der Waals surface area contributed by atoms with Gasteiger partial charge < -0.3 is 5.73 Å². The lowest BCUT2D eigenvalue weighted by Crippen LogP contribution is -2.01. The van der Waals surface area contributed by atoms with Crippen LogP contribution in [0, 0.1) is 5.92 Å². The Morgan fingerprint density at radius 2 is 2.17 bits per heavy atom. The van der Waals surface area contributed by atoms with Gasteiger partial charge >= 0.3 is 0 Å². The molecule has 0 aliphatic rings. The second kappa shape index (κ2) is 5.21. The highest BCUT2D eigenvalue weighted by atomic mass is 15.3. The molecule has 1 unspecified atom stereocenters. The zero-order valence-electron chi connectivity index (χ0n) is 11.2. The van der Waals surface area contributed by atoms with Gasteiger partial charge in [-0.2, -0.15) is 5.10 Å². The molecule has 4 heteroatoms. The zero-order chi connectivity index (χ0) is 13.1. The smallest absolute Gasteiger partial charge is 0.131 e. The maximum Gasteiger partial charge on any atom is 0.131 e. The van der Waals surface area contributed by atoms with Crippen LogP contribution in [0.4, 0.5) is 5.82 Å². The van der Waals surface area contributed by atoms with Crippen molar-refractivity contribution in [2.45, 2.75) is 26.7 Å². The average Bonchev–Trinajstić information content (AvgIpc) is 2.66. The molecule has 96 valence electrons. The number of pyridine rings is 1. The molecule has 2 aromatic heterocycles. The summed E-state index contributed by atoms with van der Waals surface area (Å²) in [6.07, 6.45) is 3.86. The van der Waals surface area contributed by atoms with Gasteiger partial charge in [0.05, 0.1) is 17.0 Å². The van der Waals surface area contributed by atoms with E-state index in [4.69, 9.17) is 5.73 Å². The van der Waals surface area contributed by atoms with Crippen LogP contribution in [0.3, 0.4) is 0 Å². The van der Waals surface area contributed by atoms with Crippen LogP contribution in [0.1, 0.15) is 26.0 Å². The van der Waals surface area contributed by atoms with Crippen molar-refractivity contribution in [2.75, 3.05) is 5.73 Å². The van der Waals surface area contributed by atoms with Crippen molar-refractivity contribution < 1.29 is 0 Å². The Labute approximate surface area is 108 Å². The van der Waals surface area contributed by atoms with E-state index >= 15 is 0 Å². The van der Waals surface area contributed by atoms with Crippen molar-refractivity contribution in [3.05, 3.63) is 30.1 Å². The number of nitrogens with two attached hydrogens (primary N) is 1. The minimum absolute atomic E-state index is 0.599. The van der Waals surface area contributed by atoms with Crippen LogP contribution in [0.2, 0.25) is 0 Å². The largest absolute Gasteiger partial charge is 0.383 e. The van der Waals surface area contributed by atoms with Gasteiger partial charge in [0.1, 0.15) is 5.82 Å². The number of anilines is 1. The lowest BCUT2D eigenvalue weighted by Gasteiger charge is -2.07. The van der Waals surface area contributed by atoms with Crippen molar-refractivity contribution in [3.63, 3.8) is 0 Å². The van der Waals surface area contributed by atoms with Crippen LogP contribution in [0.5, 0.6) is 0 Å². The van der Waals surface area contributed by atoms with Crippen molar-refractivity contribution in [3.8, 4) is 11.3 Å². The Hall–Kier alpha value is -1.84. The van der Waals surface area contributed by atoms with Gasteiger partial charge in [0.15, 0.2) is 0 Å². The Kier molecular flexibility index (Phi) is 3.65. The van der Waals surface area contributed by atoms with E-state index in [1.807, 2.05) is 25.2 Å².